The molecule has 1 aromatic heterocycles. The summed E-state index contributed by atoms with van der Waals surface area (Å²) in [6, 6.07) is 8.64. The van der Waals surface area contributed by atoms with E-state index >= 15 is 0 Å². The van der Waals surface area contributed by atoms with Gasteiger partial charge in [-0.25, -0.2) is 4.98 Å². The first-order valence-electron chi connectivity index (χ1n) is 7.32. The smallest absolute Gasteiger partial charge is 0.0954 e. The molecular weight excluding hydrogens is 252 g/mol. The summed E-state index contributed by atoms with van der Waals surface area (Å²) < 4.78 is 1.28. The van der Waals surface area contributed by atoms with Gasteiger partial charge in [-0.05, 0) is 36.8 Å². The molecule has 1 fully saturated rings. The van der Waals surface area contributed by atoms with Crippen molar-refractivity contribution in [3.8, 4) is 0 Å². The fourth-order valence-corrected chi connectivity index (χ4v) is 4.13. The molecule has 2 N–H and O–H groups in total. The fourth-order valence-electron chi connectivity index (χ4n) is 3.09. The summed E-state index contributed by atoms with van der Waals surface area (Å²) in [5.74, 6) is 1.59. The van der Waals surface area contributed by atoms with Gasteiger partial charge in [-0.1, -0.05) is 31.9 Å². The Kier molecular flexibility index (Phi) is 3.85. The van der Waals surface area contributed by atoms with E-state index in [-0.39, 0.29) is 6.04 Å². The number of para-hydroxylation sites is 1. The van der Waals surface area contributed by atoms with Gasteiger partial charge < -0.3 is 5.73 Å². The molecule has 2 nitrogen and oxygen atoms in total. The largest absolute Gasteiger partial charge is 0.327 e. The molecule has 2 aromatic rings. The maximum atomic E-state index is 6.41. The first-order valence-corrected chi connectivity index (χ1v) is 8.14. The third kappa shape index (κ3) is 2.98. The van der Waals surface area contributed by atoms with E-state index in [4.69, 9.17) is 10.7 Å². The normalized spacial score (nSPS) is 25.6. The molecule has 0 spiro atoms. The van der Waals surface area contributed by atoms with Gasteiger partial charge in [0.15, 0.2) is 0 Å². The second-order valence-electron chi connectivity index (χ2n) is 5.96. The number of rotatable bonds is 3. The molecule has 0 saturated heterocycles. The number of nitrogens with zero attached hydrogens (tertiary/aromatic N) is 1. The van der Waals surface area contributed by atoms with E-state index < -0.39 is 0 Å². The Hall–Kier alpha value is -0.930. The van der Waals surface area contributed by atoms with Crippen LogP contribution >= 0.6 is 11.3 Å². The Morgan fingerprint density at radius 3 is 2.74 bits per heavy atom. The molecule has 1 heterocycles. The zero-order valence-corrected chi connectivity index (χ0v) is 12.3. The average molecular weight is 274 g/mol. The summed E-state index contributed by atoms with van der Waals surface area (Å²) >= 11 is 1.80. The van der Waals surface area contributed by atoms with Gasteiger partial charge in [-0.2, -0.15) is 0 Å². The molecule has 19 heavy (non-hydrogen) atoms. The van der Waals surface area contributed by atoms with E-state index in [1.54, 1.807) is 11.3 Å². The molecule has 0 bridgehead atoms. The van der Waals surface area contributed by atoms with E-state index in [1.165, 1.54) is 35.4 Å². The molecule has 1 aromatic carbocycles. The minimum Gasteiger partial charge on any atom is -0.327 e. The molecule has 0 aliphatic heterocycles. The summed E-state index contributed by atoms with van der Waals surface area (Å²) in [5.41, 5.74) is 7.53. The standard InChI is InChI=1S/C16H22N2S/c1-11-6-8-12(9-7-11)13(17)10-16-18-14-4-2-3-5-15(14)19-16/h2-5,11-13H,6-10,17H2,1H3. The number of fused-ring (bicyclic) bond motifs is 1. The monoisotopic (exact) mass is 274 g/mol. The van der Waals surface area contributed by atoms with Gasteiger partial charge in [0.05, 0.1) is 15.2 Å². The number of benzene rings is 1. The van der Waals surface area contributed by atoms with Crippen molar-refractivity contribution >= 4 is 21.6 Å². The maximum absolute atomic E-state index is 6.41. The molecule has 1 aliphatic carbocycles. The molecule has 3 rings (SSSR count). The van der Waals surface area contributed by atoms with Crippen molar-refractivity contribution in [3.05, 3.63) is 29.3 Å². The van der Waals surface area contributed by atoms with Gasteiger partial charge in [-0.15, -0.1) is 11.3 Å². The topological polar surface area (TPSA) is 38.9 Å². The Labute approximate surface area is 119 Å². The fraction of sp³-hybridized carbons (Fsp3) is 0.562. The quantitative estimate of drug-likeness (QED) is 0.919. The molecule has 102 valence electrons. The van der Waals surface area contributed by atoms with Crippen LogP contribution in [0.2, 0.25) is 0 Å². The maximum Gasteiger partial charge on any atom is 0.0954 e. The van der Waals surface area contributed by atoms with Crippen LogP contribution in [-0.2, 0) is 6.42 Å². The number of thiazole rings is 1. The highest BCUT2D eigenvalue weighted by molar-refractivity contribution is 7.18. The van der Waals surface area contributed by atoms with E-state index in [9.17, 15) is 0 Å². The summed E-state index contributed by atoms with van der Waals surface area (Å²) in [4.78, 5) is 4.70. The van der Waals surface area contributed by atoms with Gasteiger partial charge in [0.2, 0.25) is 0 Å². The lowest BCUT2D eigenvalue weighted by Crippen LogP contribution is -2.34. The van der Waals surface area contributed by atoms with E-state index in [1.807, 2.05) is 6.07 Å². The highest BCUT2D eigenvalue weighted by Crippen LogP contribution is 2.31. The summed E-state index contributed by atoms with van der Waals surface area (Å²) in [6.45, 7) is 2.36. The zero-order valence-electron chi connectivity index (χ0n) is 11.5. The van der Waals surface area contributed by atoms with Crippen molar-refractivity contribution in [2.24, 2.45) is 17.6 Å². The summed E-state index contributed by atoms with van der Waals surface area (Å²) in [5, 5.41) is 1.20. The first kappa shape index (κ1) is 13.1. The van der Waals surface area contributed by atoms with Crippen LogP contribution in [0.1, 0.15) is 37.6 Å². The van der Waals surface area contributed by atoms with Crippen LogP contribution in [0.25, 0.3) is 10.2 Å². The van der Waals surface area contributed by atoms with E-state index in [2.05, 4.69) is 25.1 Å². The predicted octanol–water partition coefficient (Wildman–Crippen LogP) is 3.99. The lowest BCUT2D eigenvalue weighted by molar-refractivity contribution is 0.253. The van der Waals surface area contributed by atoms with Crippen molar-refractivity contribution in [3.63, 3.8) is 0 Å². The summed E-state index contributed by atoms with van der Waals surface area (Å²) in [6.07, 6.45) is 6.23. The Bertz CT molecular complexity index is 507. The molecule has 0 radical (unpaired) electrons. The number of aromatic nitrogens is 1. The van der Waals surface area contributed by atoms with Crippen molar-refractivity contribution in [1.82, 2.24) is 4.98 Å². The van der Waals surface area contributed by atoms with Crippen LogP contribution < -0.4 is 5.73 Å². The molecule has 0 amide bonds. The minimum absolute atomic E-state index is 0.285. The molecule has 1 unspecified atom stereocenters. The number of hydrogen-bond acceptors (Lipinski definition) is 3. The third-order valence-electron chi connectivity index (χ3n) is 4.41. The second kappa shape index (κ2) is 5.59. The van der Waals surface area contributed by atoms with Crippen LogP contribution in [0.15, 0.2) is 24.3 Å². The zero-order chi connectivity index (χ0) is 13.2. The molecular formula is C16H22N2S. The molecule has 1 saturated carbocycles. The predicted molar refractivity (Wildman–Crippen MR) is 82.4 cm³/mol. The molecule has 1 aliphatic rings. The van der Waals surface area contributed by atoms with E-state index in [0.29, 0.717) is 5.92 Å². The second-order valence-corrected chi connectivity index (χ2v) is 7.08. The van der Waals surface area contributed by atoms with Gasteiger partial charge in [0.1, 0.15) is 0 Å². The van der Waals surface area contributed by atoms with Crippen LogP contribution in [0.4, 0.5) is 0 Å². The van der Waals surface area contributed by atoms with Gasteiger partial charge in [-0.3, -0.25) is 0 Å². The molecule has 3 heteroatoms. The van der Waals surface area contributed by atoms with Gasteiger partial charge >= 0.3 is 0 Å². The van der Waals surface area contributed by atoms with Crippen LogP contribution in [0.5, 0.6) is 0 Å². The average Bonchev–Trinajstić information content (AvgIpc) is 2.81. The lowest BCUT2D eigenvalue weighted by atomic mass is 9.79. The summed E-state index contributed by atoms with van der Waals surface area (Å²) in [7, 11) is 0. The molecule has 1 atom stereocenters. The Morgan fingerprint density at radius 1 is 1.26 bits per heavy atom. The third-order valence-corrected chi connectivity index (χ3v) is 5.47. The number of hydrogen-bond donors (Lipinski definition) is 1. The van der Waals surface area contributed by atoms with Crippen LogP contribution in [0.3, 0.4) is 0 Å². The number of nitrogens with two attached hydrogens (primary N) is 1. The van der Waals surface area contributed by atoms with Crippen molar-refractivity contribution in [2.45, 2.75) is 45.1 Å². The highest BCUT2D eigenvalue weighted by Gasteiger charge is 2.24. The van der Waals surface area contributed by atoms with Crippen molar-refractivity contribution < 1.29 is 0 Å². The van der Waals surface area contributed by atoms with Crippen LogP contribution in [-0.4, -0.2) is 11.0 Å². The Balaban J connectivity index is 1.67. The van der Waals surface area contributed by atoms with Crippen LogP contribution in [0, 0.1) is 11.8 Å². The minimum atomic E-state index is 0.285. The lowest BCUT2D eigenvalue weighted by Gasteiger charge is -2.30. The Morgan fingerprint density at radius 2 is 2.00 bits per heavy atom. The first-order chi connectivity index (χ1) is 9.22. The SMILES string of the molecule is CC1CCC(C(N)Cc2nc3ccccc3s2)CC1. The van der Waals surface area contributed by atoms with Gasteiger partial charge in [0, 0.05) is 12.5 Å². The van der Waals surface area contributed by atoms with Crippen molar-refractivity contribution in [1.29, 1.82) is 0 Å². The highest BCUT2D eigenvalue weighted by atomic mass is 32.1. The van der Waals surface area contributed by atoms with E-state index in [0.717, 1.165) is 17.9 Å². The van der Waals surface area contributed by atoms with Crippen molar-refractivity contribution in [2.75, 3.05) is 0 Å². The van der Waals surface area contributed by atoms with Gasteiger partial charge in [0.25, 0.3) is 0 Å².